The first-order chi connectivity index (χ1) is 7.63. The number of hydrogen-bond acceptors (Lipinski definition) is 2. The Morgan fingerprint density at radius 2 is 2.12 bits per heavy atom. The second-order valence-electron chi connectivity index (χ2n) is 3.77. The zero-order valence-corrected chi connectivity index (χ0v) is 9.84. The quantitative estimate of drug-likeness (QED) is 0.586. The van der Waals surface area contributed by atoms with Gasteiger partial charge in [-0.15, -0.1) is 6.58 Å². The number of hydrogen-bond donors (Lipinski definition) is 2. The smallest absolute Gasteiger partial charge is 0.238 e. The van der Waals surface area contributed by atoms with Crippen LogP contribution in [0.1, 0.15) is 11.1 Å². The number of carbonyl (C=O) groups excluding carboxylic acids is 1. The van der Waals surface area contributed by atoms with Crippen LogP contribution in [0.3, 0.4) is 0 Å². The van der Waals surface area contributed by atoms with Gasteiger partial charge in [0.15, 0.2) is 0 Å². The summed E-state index contributed by atoms with van der Waals surface area (Å²) in [5.41, 5.74) is 3.24. The number of amides is 1. The van der Waals surface area contributed by atoms with Crippen molar-refractivity contribution in [3.05, 3.63) is 42.0 Å². The molecule has 0 unspecified atom stereocenters. The second kappa shape index (κ2) is 6.08. The van der Waals surface area contributed by atoms with Gasteiger partial charge in [-0.05, 0) is 37.1 Å². The molecule has 1 aromatic carbocycles. The molecule has 16 heavy (non-hydrogen) atoms. The van der Waals surface area contributed by atoms with Crippen LogP contribution in [0.25, 0.3) is 0 Å². The lowest BCUT2D eigenvalue weighted by atomic mass is 10.1. The van der Waals surface area contributed by atoms with Gasteiger partial charge in [0, 0.05) is 12.2 Å². The maximum Gasteiger partial charge on any atom is 0.238 e. The highest BCUT2D eigenvalue weighted by Gasteiger charge is 2.01. The summed E-state index contributed by atoms with van der Waals surface area (Å²) in [5.74, 6) is -0.0369. The summed E-state index contributed by atoms with van der Waals surface area (Å²) in [7, 11) is 0. The van der Waals surface area contributed by atoms with Crippen LogP contribution in [0.5, 0.6) is 0 Å². The van der Waals surface area contributed by atoms with E-state index in [1.807, 2.05) is 32.0 Å². The van der Waals surface area contributed by atoms with Crippen molar-refractivity contribution in [1.29, 1.82) is 0 Å². The van der Waals surface area contributed by atoms with Gasteiger partial charge in [-0.2, -0.15) is 0 Å². The molecule has 0 aromatic heterocycles. The number of carbonyl (C=O) groups is 1. The third-order valence-corrected chi connectivity index (χ3v) is 2.36. The minimum absolute atomic E-state index is 0.0369. The minimum Gasteiger partial charge on any atom is -0.325 e. The van der Waals surface area contributed by atoms with E-state index < -0.39 is 0 Å². The second-order valence-corrected chi connectivity index (χ2v) is 3.77. The largest absolute Gasteiger partial charge is 0.325 e. The molecule has 3 nitrogen and oxygen atoms in total. The van der Waals surface area contributed by atoms with E-state index in [4.69, 9.17) is 0 Å². The van der Waals surface area contributed by atoms with Gasteiger partial charge in [0.1, 0.15) is 0 Å². The summed E-state index contributed by atoms with van der Waals surface area (Å²) >= 11 is 0. The summed E-state index contributed by atoms with van der Waals surface area (Å²) in [4.78, 5) is 11.5. The van der Waals surface area contributed by atoms with E-state index in [1.54, 1.807) is 6.08 Å². The normalized spacial score (nSPS) is 9.88. The standard InChI is InChI=1S/C13H18N2O/c1-4-7-14-9-13(16)15-12-6-5-10(2)11(3)8-12/h4-6,8,14H,1,7,9H2,2-3H3,(H,15,16). The lowest BCUT2D eigenvalue weighted by Crippen LogP contribution is -2.28. The first-order valence-electron chi connectivity index (χ1n) is 5.32. The van der Waals surface area contributed by atoms with E-state index in [0.29, 0.717) is 13.1 Å². The molecular weight excluding hydrogens is 200 g/mol. The molecular formula is C13H18N2O. The summed E-state index contributed by atoms with van der Waals surface area (Å²) in [6.45, 7) is 8.59. The van der Waals surface area contributed by atoms with E-state index >= 15 is 0 Å². The molecule has 86 valence electrons. The van der Waals surface area contributed by atoms with E-state index in [-0.39, 0.29) is 5.91 Å². The molecule has 2 N–H and O–H groups in total. The van der Waals surface area contributed by atoms with Crippen LogP contribution in [-0.2, 0) is 4.79 Å². The SMILES string of the molecule is C=CCNCC(=O)Nc1ccc(C)c(C)c1. The summed E-state index contributed by atoms with van der Waals surface area (Å²) in [6.07, 6.45) is 1.73. The van der Waals surface area contributed by atoms with Crippen molar-refractivity contribution in [1.82, 2.24) is 5.32 Å². The van der Waals surface area contributed by atoms with Crippen LogP contribution < -0.4 is 10.6 Å². The van der Waals surface area contributed by atoms with Gasteiger partial charge < -0.3 is 10.6 Å². The van der Waals surface area contributed by atoms with Crippen LogP contribution in [-0.4, -0.2) is 19.0 Å². The van der Waals surface area contributed by atoms with Gasteiger partial charge in [-0.3, -0.25) is 4.79 Å². The van der Waals surface area contributed by atoms with Gasteiger partial charge in [-0.25, -0.2) is 0 Å². The molecule has 0 bridgehead atoms. The monoisotopic (exact) mass is 218 g/mol. The highest BCUT2D eigenvalue weighted by atomic mass is 16.1. The Morgan fingerprint density at radius 3 is 2.75 bits per heavy atom. The average molecular weight is 218 g/mol. The first-order valence-corrected chi connectivity index (χ1v) is 5.32. The zero-order chi connectivity index (χ0) is 12.0. The zero-order valence-electron chi connectivity index (χ0n) is 9.84. The van der Waals surface area contributed by atoms with Crippen molar-refractivity contribution < 1.29 is 4.79 Å². The molecule has 1 amide bonds. The van der Waals surface area contributed by atoms with Crippen LogP contribution in [0.2, 0.25) is 0 Å². The molecule has 0 saturated heterocycles. The number of aryl methyl sites for hydroxylation is 2. The molecule has 0 radical (unpaired) electrons. The van der Waals surface area contributed by atoms with Gasteiger partial charge in [-0.1, -0.05) is 12.1 Å². The van der Waals surface area contributed by atoms with Crippen molar-refractivity contribution in [3.8, 4) is 0 Å². The number of benzene rings is 1. The van der Waals surface area contributed by atoms with Crippen molar-refractivity contribution in [2.75, 3.05) is 18.4 Å². The van der Waals surface area contributed by atoms with Crippen LogP contribution >= 0.6 is 0 Å². The van der Waals surface area contributed by atoms with Gasteiger partial charge >= 0.3 is 0 Å². The van der Waals surface area contributed by atoms with E-state index in [2.05, 4.69) is 17.2 Å². The maximum atomic E-state index is 11.5. The van der Waals surface area contributed by atoms with E-state index in [0.717, 1.165) is 5.69 Å². The first kappa shape index (κ1) is 12.5. The molecule has 0 aliphatic rings. The minimum atomic E-state index is -0.0369. The Labute approximate surface area is 96.6 Å². The molecule has 0 atom stereocenters. The van der Waals surface area contributed by atoms with Crippen molar-refractivity contribution >= 4 is 11.6 Å². The Hall–Kier alpha value is -1.61. The molecule has 0 spiro atoms. The van der Waals surface area contributed by atoms with Crippen molar-refractivity contribution in [3.63, 3.8) is 0 Å². The highest BCUT2D eigenvalue weighted by Crippen LogP contribution is 2.13. The molecule has 1 rings (SSSR count). The number of rotatable bonds is 5. The van der Waals surface area contributed by atoms with Crippen molar-refractivity contribution in [2.24, 2.45) is 0 Å². The van der Waals surface area contributed by atoms with Crippen molar-refractivity contribution in [2.45, 2.75) is 13.8 Å². The Kier molecular flexibility index (Phi) is 4.73. The molecule has 1 aromatic rings. The molecule has 0 aliphatic carbocycles. The van der Waals surface area contributed by atoms with Crippen LogP contribution in [0.15, 0.2) is 30.9 Å². The van der Waals surface area contributed by atoms with Crippen LogP contribution in [0.4, 0.5) is 5.69 Å². The van der Waals surface area contributed by atoms with E-state index in [9.17, 15) is 4.79 Å². The predicted octanol–water partition coefficient (Wildman–Crippen LogP) is 2.02. The number of anilines is 1. The molecule has 3 heteroatoms. The fraction of sp³-hybridized carbons (Fsp3) is 0.308. The summed E-state index contributed by atoms with van der Waals surface area (Å²) in [6, 6.07) is 5.89. The Morgan fingerprint density at radius 1 is 1.38 bits per heavy atom. The predicted molar refractivity (Wildman–Crippen MR) is 67.6 cm³/mol. The topological polar surface area (TPSA) is 41.1 Å². The highest BCUT2D eigenvalue weighted by molar-refractivity contribution is 5.92. The molecule has 0 fully saturated rings. The summed E-state index contributed by atoms with van der Waals surface area (Å²) < 4.78 is 0. The van der Waals surface area contributed by atoms with Gasteiger partial charge in [0.25, 0.3) is 0 Å². The van der Waals surface area contributed by atoms with E-state index in [1.165, 1.54) is 11.1 Å². The van der Waals surface area contributed by atoms with Crippen LogP contribution in [0, 0.1) is 13.8 Å². The Balaban J connectivity index is 2.49. The summed E-state index contributed by atoms with van der Waals surface area (Å²) in [5, 5.41) is 5.78. The average Bonchev–Trinajstić information content (AvgIpc) is 2.24. The molecule has 0 aliphatic heterocycles. The fourth-order valence-corrected chi connectivity index (χ4v) is 1.31. The third-order valence-electron chi connectivity index (χ3n) is 2.36. The maximum absolute atomic E-state index is 11.5. The third kappa shape index (κ3) is 3.87. The molecule has 0 saturated carbocycles. The lowest BCUT2D eigenvalue weighted by Gasteiger charge is -2.07. The molecule has 0 heterocycles. The lowest BCUT2D eigenvalue weighted by molar-refractivity contribution is -0.115. The van der Waals surface area contributed by atoms with Gasteiger partial charge in [0.05, 0.1) is 6.54 Å². The fourth-order valence-electron chi connectivity index (χ4n) is 1.31. The number of nitrogens with one attached hydrogen (secondary N) is 2. The Bertz CT molecular complexity index is 386. The van der Waals surface area contributed by atoms with Gasteiger partial charge in [0.2, 0.25) is 5.91 Å².